The molecular formula is C23H32O4. The van der Waals surface area contributed by atoms with E-state index in [1.54, 1.807) is 6.92 Å². The molecule has 4 rings (SSSR count). The van der Waals surface area contributed by atoms with E-state index in [1.807, 2.05) is 6.08 Å². The molecular weight excluding hydrogens is 340 g/mol. The lowest BCUT2D eigenvalue weighted by atomic mass is 9.47. The van der Waals surface area contributed by atoms with Crippen molar-refractivity contribution >= 4 is 17.5 Å². The molecule has 0 aromatic rings. The van der Waals surface area contributed by atoms with Gasteiger partial charge in [0.15, 0.2) is 5.78 Å². The first kappa shape index (κ1) is 18.9. The first-order valence-corrected chi connectivity index (χ1v) is 10.6. The minimum Gasteiger partial charge on any atom is -0.462 e. The van der Waals surface area contributed by atoms with Gasteiger partial charge >= 0.3 is 5.97 Å². The Morgan fingerprint density at radius 1 is 1.04 bits per heavy atom. The van der Waals surface area contributed by atoms with Crippen LogP contribution in [-0.4, -0.2) is 23.6 Å². The van der Waals surface area contributed by atoms with Gasteiger partial charge < -0.3 is 4.74 Å². The van der Waals surface area contributed by atoms with Crippen molar-refractivity contribution in [2.75, 3.05) is 0 Å². The van der Waals surface area contributed by atoms with Crippen molar-refractivity contribution in [2.45, 2.75) is 78.7 Å². The molecule has 0 aromatic carbocycles. The van der Waals surface area contributed by atoms with Crippen LogP contribution in [0.2, 0.25) is 0 Å². The lowest BCUT2D eigenvalue weighted by Gasteiger charge is -2.57. The molecule has 0 N–H and O–H groups in total. The van der Waals surface area contributed by atoms with Gasteiger partial charge in [-0.05, 0) is 74.2 Å². The Kier molecular flexibility index (Phi) is 4.40. The van der Waals surface area contributed by atoms with E-state index in [4.69, 9.17) is 4.74 Å². The molecule has 3 fully saturated rings. The van der Waals surface area contributed by atoms with Crippen LogP contribution in [0.4, 0.5) is 0 Å². The predicted octanol–water partition coefficient (Wildman–Crippen LogP) is 4.27. The number of rotatable bonds is 2. The van der Waals surface area contributed by atoms with Gasteiger partial charge in [0.05, 0.1) is 0 Å². The number of Topliss-reactive ketones (excluding diaryl/α,β-unsaturated/α-hetero) is 1. The molecule has 0 heterocycles. The van der Waals surface area contributed by atoms with Gasteiger partial charge in [0.2, 0.25) is 0 Å². The van der Waals surface area contributed by atoms with Crippen LogP contribution in [0.25, 0.3) is 0 Å². The van der Waals surface area contributed by atoms with Gasteiger partial charge in [-0.2, -0.15) is 0 Å². The molecule has 0 spiro atoms. The second-order valence-electron chi connectivity index (χ2n) is 9.99. The second-order valence-corrected chi connectivity index (χ2v) is 9.99. The summed E-state index contributed by atoms with van der Waals surface area (Å²) in [6.45, 7) is 7.77. The van der Waals surface area contributed by atoms with Crippen LogP contribution in [0, 0.1) is 34.5 Å². The van der Waals surface area contributed by atoms with Crippen LogP contribution in [0.15, 0.2) is 11.6 Å². The molecule has 0 saturated heterocycles. The summed E-state index contributed by atoms with van der Waals surface area (Å²) in [4.78, 5) is 36.8. The highest BCUT2D eigenvalue weighted by molar-refractivity contribution is 5.95. The molecule has 3 saturated carbocycles. The third-order valence-electron chi connectivity index (χ3n) is 8.72. The smallest absolute Gasteiger partial charge is 0.302 e. The molecule has 4 aliphatic rings. The second kappa shape index (κ2) is 6.28. The molecule has 4 nitrogen and oxygen atoms in total. The summed E-state index contributed by atoms with van der Waals surface area (Å²) in [7, 11) is 0. The standard InChI is InChI=1S/C23H32O4/c1-13(24)17-5-6-18-21-19(8-10-23(17,18)4)22(3)9-7-16(27-14(2)25)11-15(22)12-20(21)26/h12,16-19,21H,5-11H2,1-4H3/t16-,17+,18-,19-,21-,22+,23+/m1/s1. The highest BCUT2D eigenvalue weighted by Crippen LogP contribution is 2.65. The van der Waals surface area contributed by atoms with Gasteiger partial charge in [0.1, 0.15) is 11.9 Å². The third kappa shape index (κ3) is 2.74. The average molecular weight is 373 g/mol. The van der Waals surface area contributed by atoms with Crippen LogP contribution in [-0.2, 0) is 19.1 Å². The van der Waals surface area contributed by atoms with E-state index in [0.29, 0.717) is 24.0 Å². The Labute approximate surface area is 162 Å². The fraction of sp³-hybridized carbons (Fsp3) is 0.783. The van der Waals surface area contributed by atoms with Crippen molar-refractivity contribution in [3.8, 4) is 0 Å². The fourth-order valence-electron chi connectivity index (χ4n) is 7.37. The molecule has 0 radical (unpaired) electrons. The molecule has 0 aliphatic heterocycles. The molecule has 7 atom stereocenters. The fourth-order valence-corrected chi connectivity index (χ4v) is 7.37. The lowest BCUT2D eigenvalue weighted by molar-refractivity contribution is -0.149. The van der Waals surface area contributed by atoms with Crippen molar-refractivity contribution in [1.29, 1.82) is 0 Å². The number of hydrogen-bond donors (Lipinski definition) is 0. The Morgan fingerprint density at radius 3 is 2.44 bits per heavy atom. The van der Waals surface area contributed by atoms with Crippen LogP contribution in [0.3, 0.4) is 0 Å². The van der Waals surface area contributed by atoms with Gasteiger partial charge in [-0.3, -0.25) is 14.4 Å². The quantitative estimate of drug-likeness (QED) is 0.679. The van der Waals surface area contributed by atoms with Crippen LogP contribution < -0.4 is 0 Å². The summed E-state index contributed by atoms with van der Waals surface area (Å²) in [5.74, 6) is 1.20. The summed E-state index contributed by atoms with van der Waals surface area (Å²) in [5.41, 5.74) is 1.21. The number of carbonyl (C=O) groups excluding carboxylic acids is 3. The minimum absolute atomic E-state index is 0.0146. The Morgan fingerprint density at radius 2 is 1.78 bits per heavy atom. The van der Waals surface area contributed by atoms with E-state index < -0.39 is 0 Å². The van der Waals surface area contributed by atoms with Gasteiger partial charge in [-0.25, -0.2) is 0 Å². The van der Waals surface area contributed by atoms with E-state index in [1.165, 1.54) is 12.5 Å². The average Bonchev–Trinajstić information content (AvgIpc) is 2.93. The number of allylic oxidation sites excluding steroid dienone is 1. The molecule has 148 valence electrons. The number of fused-ring (bicyclic) bond motifs is 5. The number of carbonyl (C=O) groups is 3. The highest BCUT2D eigenvalue weighted by Gasteiger charge is 2.61. The first-order chi connectivity index (χ1) is 12.7. The SMILES string of the molecule is CC(=O)O[C@@H]1CC[C@@]2(C)C(=CC(=O)[C@@H]3[C@H]4CC[C@@H](C(C)=O)[C@]4(C)CC[C@H]32)C1. The van der Waals surface area contributed by atoms with Gasteiger partial charge in [-0.15, -0.1) is 0 Å². The van der Waals surface area contributed by atoms with Crippen molar-refractivity contribution in [3.05, 3.63) is 11.6 Å². The van der Waals surface area contributed by atoms with Crippen molar-refractivity contribution in [1.82, 2.24) is 0 Å². The normalized spacial score (nSPS) is 46.0. The Hall–Kier alpha value is -1.45. The Bertz CT molecular complexity index is 722. The molecule has 4 aliphatic carbocycles. The first-order valence-electron chi connectivity index (χ1n) is 10.6. The highest BCUT2D eigenvalue weighted by atomic mass is 16.5. The number of ether oxygens (including phenoxy) is 1. The topological polar surface area (TPSA) is 60.4 Å². The lowest BCUT2D eigenvalue weighted by Crippen LogP contribution is -2.54. The number of esters is 1. The maximum atomic E-state index is 13.2. The van der Waals surface area contributed by atoms with Gasteiger partial charge in [0, 0.05) is 25.2 Å². The number of ketones is 2. The van der Waals surface area contributed by atoms with E-state index in [2.05, 4.69) is 13.8 Å². The summed E-state index contributed by atoms with van der Waals surface area (Å²) in [6, 6.07) is 0. The molecule has 0 amide bonds. The van der Waals surface area contributed by atoms with E-state index in [0.717, 1.165) is 38.5 Å². The largest absolute Gasteiger partial charge is 0.462 e. The minimum atomic E-state index is -0.237. The van der Waals surface area contributed by atoms with Gasteiger partial charge in [-0.1, -0.05) is 19.4 Å². The van der Waals surface area contributed by atoms with Crippen molar-refractivity contribution < 1.29 is 19.1 Å². The number of hydrogen-bond acceptors (Lipinski definition) is 4. The zero-order valence-corrected chi connectivity index (χ0v) is 17.0. The summed E-state index contributed by atoms with van der Waals surface area (Å²) in [5, 5.41) is 0. The van der Waals surface area contributed by atoms with Crippen molar-refractivity contribution in [2.24, 2.45) is 34.5 Å². The summed E-state index contributed by atoms with van der Waals surface area (Å²) in [6.07, 6.45) is 8.37. The van der Waals surface area contributed by atoms with E-state index in [-0.39, 0.29) is 40.5 Å². The third-order valence-corrected chi connectivity index (χ3v) is 8.72. The zero-order valence-electron chi connectivity index (χ0n) is 17.0. The van der Waals surface area contributed by atoms with Crippen molar-refractivity contribution in [3.63, 3.8) is 0 Å². The van der Waals surface area contributed by atoms with Crippen LogP contribution in [0.5, 0.6) is 0 Å². The molecule has 4 heteroatoms. The maximum absolute atomic E-state index is 13.2. The molecule has 0 aromatic heterocycles. The molecule has 27 heavy (non-hydrogen) atoms. The molecule has 0 unspecified atom stereocenters. The molecule has 0 bridgehead atoms. The predicted molar refractivity (Wildman–Crippen MR) is 102 cm³/mol. The summed E-state index contributed by atoms with van der Waals surface area (Å²) >= 11 is 0. The summed E-state index contributed by atoms with van der Waals surface area (Å²) < 4.78 is 5.45. The van der Waals surface area contributed by atoms with E-state index in [9.17, 15) is 14.4 Å². The Balaban J connectivity index is 1.65. The van der Waals surface area contributed by atoms with E-state index >= 15 is 0 Å². The van der Waals surface area contributed by atoms with Crippen LogP contribution >= 0.6 is 0 Å². The monoisotopic (exact) mass is 372 g/mol. The maximum Gasteiger partial charge on any atom is 0.302 e. The van der Waals surface area contributed by atoms with Gasteiger partial charge in [0.25, 0.3) is 0 Å². The van der Waals surface area contributed by atoms with Crippen LogP contribution in [0.1, 0.15) is 72.6 Å². The zero-order chi connectivity index (χ0) is 19.6.